The summed E-state index contributed by atoms with van der Waals surface area (Å²) in [5.41, 5.74) is 5.51. The number of fused-ring (bicyclic) bond motifs is 3. The van der Waals surface area contributed by atoms with Gasteiger partial charge in [0, 0.05) is 12.5 Å². The van der Waals surface area contributed by atoms with Gasteiger partial charge in [0.05, 0.1) is 17.8 Å². The number of alkyl carbamates (subject to hydrolysis) is 1. The Bertz CT molecular complexity index is 1300. The zero-order valence-corrected chi connectivity index (χ0v) is 23.3. The van der Waals surface area contributed by atoms with E-state index in [-0.39, 0.29) is 19.1 Å². The highest BCUT2D eigenvalue weighted by molar-refractivity contribution is 6.56. The lowest BCUT2D eigenvalue weighted by Gasteiger charge is -2.32. The maximum Gasteiger partial charge on any atom is 0.492 e. The van der Waals surface area contributed by atoms with Crippen LogP contribution in [0.15, 0.2) is 78.3 Å². The number of nitrogens with one attached hydrogen (secondary N) is 1. The molecule has 0 atom stereocenters. The van der Waals surface area contributed by atoms with Gasteiger partial charge in [-0.15, -0.1) is 0 Å². The molecule has 0 unspecified atom stereocenters. The fourth-order valence-corrected chi connectivity index (χ4v) is 5.06. The summed E-state index contributed by atoms with van der Waals surface area (Å²) in [7, 11) is -0.601. The van der Waals surface area contributed by atoms with Crippen LogP contribution in [0, 0.1) is 0 Å². The Labute approximate surface area is 231 Å². The van der Waals surface area contributed by atoms with Crippen molar-refractivity contribution in [1.82, 2.24) is 5.32 Å². The third-order valence-corrected chi connectivity index (χ3v) is 7.88. The quantitative estimate of drug-likeness (QED) is 0.334. The maximum absolute atomic E-state index is 12.9. The molecule has 0 saturated carbocycles. The molecular formula is C32H36BNO5. The van der Waals surface area contributed by atoms with E-state index in [9.17, 15) is 4.79 Å². The average molecular weight is 525 g/mol. The molecule has 0 bridgehead atoms. The summed E-state index contributed by atoms with van der Waals surface area (Å²) in [6.45, 7) is 11.1. The first-order valence-electron chi connectivity index (χ1n) is 13.6. The third kappa shape index (κ3) is 5.61. The van der Waals surface area contributed by atoms with Crippen molar-refractivity contribution in [3.05, 3.63) is 95.0 Å². The maximum atomic E-state index is 12.9. The number of benzene rings is 3. The van der Waals surface area contributed by atoms with Crippen LogP contribution in [-0.4, -0.2) is 44.2 Å². The van der Waals surface area contributed by atoms with Crippen LogP contribution in [0.2, 0.25) is 0 Å². The predicted molar refractivity (Wildman–Crippen MR) is 155 cm³/mol. The van der Waals surface area contributed by atoms with Gasteiger partial charge in [-0.3, -0.25) is 0 Å². The fraction of sp³-hybridized carbons (Fsp3) is 0.344. The zero-order chi connectivity index (χ0) is 27.6. The zero-order valence-electron chi connectivity index (χ0n) is 23.3. The van der Waals surface area contributed by atoms with E-state index >= 15 is 0 Å². The van der Waals surface area contributed by atoms with Crippen molar-refractivity contribution < 1.29 is 23.6 Å². The molecule has 3 aromatic rings. The molecule has 0 radical (unpaired) electrons. The molecule has 3 aromatic carbocycles. The molecule has 1 N–H and O–H groups in total. The van der Waals surface area contributed by atoms with Crippen LogP contribution in [0.3, 0.4) is 0 Å². The summed E-state index contributed by atoms with van der Waals surface area (Å²) < 4.78 is 23.9. The second-order valence-corrected chi connectivity index (χ2v) is 11.0. The Morgan fingerprint density at radius 1 is 0.897 bits per heavy atom. The second kappa shape index (κ2) is 10.9. The molecule has 202 valence electrons. The molecule has 7 heteroatoms. The van der Waals surface area contributed by atoms with Gasteiger partial charge < -0.3 is 24.1 Å². The van der Waals surface area contributed by atoms with Gasteiger partial charge in [0.1, 0.15) is 12.4 Å². The van der Waals surface area contributed by atoms with Crippen molar-refractivity contribution in [3.8, 4) is 16.9 Å². The fourth-order valence-electron chi connectivity index (χ4n) is 5.06. The summed E-state index contributed by atoms with van der Waals surface area (Å²) >= 11 is 0. The summed E-state index contributed by atoms with van der Waals surface area (Å²) in [5.74, 6) is 0.814. The van der Waals surface area contributed by atoms with Crippen LogP contribution in [0.4, 0.5) is 4.79 Å². The minimum atomic E-state index is -0.601. The van der Waals surface area contributed by atoms with Gasteiger partial charge in [-0.25, -0.2) is 4.79 Å². The number of rotatable bonds is 8. The Morgan fingerprint density at radius 3 is 2.03 bits per heavy atom. The smallest absolute Gasteiger partial charge is 0.492 e. The Morgan fingerprint density at radius 2 is 1.46 bits per heavy atom. The molecule has 1 fully saturated rings. The minimum absolute atomic E-state index is 0.00474. The molecule has 2 aliphatic rings. The molecule has 39 heavy (non-hydrogen) atoms. The van der Waals surface area contributed by atoms with E-state index in [1.165, 1.54) is 22.3 Å². The monoisotopic (exact) mass is 525 g/mol. The lowest BCUT2D eigenvalue weighted by atomic mass is 9.77. The largest absolute Gasteiger partial charge is 0.494 e. The molecule has 0 spiro atoms. The van der Waals surface area contributed by atoms with Gasteiger partial charge in [-0.05, 0) is 80.0 Å². The van der Waals surface area contributed by atoms with Gasteiger partial charge in [0.2, 0.25) is 0 Å². The summed E-state index contributed by atoms with van der Waals surface area (Å²) in [4.78, 5) is 12.9. The van der Waals surface area contributed by atoms with E-state index in [0.29, 0.717) is 6.61 Å². The van der Waals surface area contributed by atoms with Crippen molar-refractivity contribution in [2.24, 2.45) is 0 Å². The molecule has 5 rings (SSSR count). The van der Waals surface area contributed by atoms with E-state index in [1.54, 1.807) is 0 Å². The topological polar surface area (TPSA) is 66.0 Å². The number of hydrogen-bond donors (Lipinski definition) is 1. The normalized spacial score (nSPS) is 17.5. The van der Waals surface area contributed by atoms with E-state index in [4.69, 9.17) is 18.8 Å². The summed E-state index contributed by atoms with van der Waals surface area (Å²) in [6, 6.07) is 24.4. The van der Waals surface area contributed by atoms with E-state index < -0.39 is 24.4 Å². The molecule has 0 aromatic heterocycles. The van der Waals surface area contributed by atoms with Crippen molar-refractivity contribution in [1.29, 1.82) is 0 Å². The van der Waals surface area contributed by atoms with Crippen molar-refractivity contribution in [3.63, 3.8) is 0 Å². The highest BCUT2D eigenvalue weighted by Crippen LogP contribution is 2.44. The Balaban J connectivity index is 1.29. The van der Waals surface area contributed by atoms with Crippen LogP contribution in [0.25, 0.3) is 17.2 Å². The van der Waals surface area contributed by atoms with Gasteiger partial charge in [-0.1, -0.05) is 66.7 Å². The molecule has 1 heterocycles. The van der Waals surface area contributed by atoms with Crippen LogP contribution in [-0.2, 0) is 14.0 Å². The van der Waals surface area contributed by atoms with E-state index in [2.05, 4.69) is 29.6 Å². The van der Waals surface area contributed by atoms with E-state index in [1.807, 2.05) is 89.2 Å². The van der Waals surface area contributed by atoms with Crippen LogP contribution in [0.5, 0.6) is 5.75 Å². The number of carbonyl (C=O) groups excluding carboxylic acids is 1. The van der Waals surface area contributed by atoms with E-state index in [0.717, 1.165) is 16.8 Å². The Hall–Kier alpha value is -3.55. The SMILES string of the molecule is CCOc1ccc(C=C(CNC(=O)OCC2c3ccccc3-c3ccccc32)B2OC(C)(C)C(C)(C)O2)cc1. The first-order chi connectivity index (χ1) is 18.7. The standard InChI is InChI=1S/C32H36BNO5/c1-6-36-24-17-15-22(16-18-24)19-23(33-38-31(2,3)32(4,5)39-33)20-34-30(35)37-21-29-27-13-9-7-11-25(27)26-12-8-10-14-28(26)29/h7-19,29H,6,20-21H2,1-5H3,(H,34,35). The lowest BCUT2D eigenvalue weighted by Crippen LogP contribution is -2.41. The number of hydrogen-bond acceptors (Lipinski definition) is 5. The molecular weight excluding hydrogens is 489 g/mol. The van der Waals surface area contributed by atoms with Crippen molar-refractivity contribution >= 4 is 19.3 Å². The number of amides is 1. The average Bonchev–Trinajstić information content (AvgIpc) is 3.35. The van der Waals surface area contributed by atoms with Crippen LogP contribution in [0.1, 0.15) is 57.2 Å². The van der Waals surface area contributed by atoms with Gasteiger partial charge in [0.15, 0.2) is 0 Å². The minimum Gasteiger partial charge on any atom is -0.494 e. The number of ether oxygens (including phenoxy) is 2. The number of carbonyl (C=O) groups is 1. The lowest BCUT2D eigenvalue weighted by molar-refractivity contribution is 0.00578. The van der Waals surface area contributed by atoms with Gasteiger partial charge in [-0.2, -0.15) is 0 Å². The van der Waals surface area contributed by atoms with Crippen molar-refractivity contribution in [2.75, 3.05) is 19.8 Å². The van der Waals surface area contributed by atoms with Crippen LogP contribution >= 0.6 is 0 Å². The van der Waals surface area contributed by atoms with Gasteiger partial charge in [0.25, 0.3) is 0 Å². The first kappa shape index (κ1) is 27.0. The first-order valence-corrected chi connectivity index (χ1v) is 13.6. The van der Waals surface area contributed by atoms with Crippen LogP contribution < -0.4 is 10.1 Å². The highest BCUT2D eigenvalue weighted by Gasteiger charge is 2.52. The van der Waals surface area contributed by atoms with Crippen molar-refractivity contribution in [2.45, 2.75) is 51.7 Å². The molecule has 1 saturated heterocycles. The molecule has 1 aliphatic heterocycles. The summed E-state index contributed by atoms with van der Waals surface area (Å²) in [5, 5.41) is 2.92. The van der Waals surface area contributed by atoms with Gasteiger partial charge >= 0.3 is 13.2 Å². The summed E-state index contributed by atoms with van der Waals surface area (Å²) in [6.07, 6.45) is 1.51. The molecule has 1 aliphatic carbocycles. The predicted octanol–water partition coefficient (Wildman–Crippen LogP) is 6.64. The second-order valence-electron chi connectivity index (χ2n) is 11.0. The third-order valence-electron chi connectivity index (χ3n) is 7.88. The molecule has 1 amide bonds. The highest BCUT2D eigenvalue weighted by atomic mass is 16.7. The molecule has 6 nitrogen and oxygen atoms in total. The Kier molecular flexibility index (Phi) is 7.56.